The highest BCUT2D eigenvalue weighted by molar-refractivity contribution is 9.10. The fourth-order valence-corrected chi connectivity index (χ4v) is 4.01. The number of nitrogens with one attached hydrogen (secondary N) is 2. The van der Waals surface area contributed by atoms with E-state index in [1.807, 2.05) is 36.4 Å². The van der Waals surface area contributed by atoms with E-state index in [0.29, 0.717) is 23.4 Å². The van der Waals surface area contributed by atoms with Gasteiger partial charge in [-0.15, -0.1) is 0 Å². The smallest absolute Gasteiger partial charge is 0.343 e. The van der Waals surface area contributed by atoms with E-state index in [4.69, 9.17) is 4.74 Å². The molecule has 3 aromatic carbocycles. The molecular formula is C25H20BrN3O4. The number of benzene rings is 3. The molecule has 0 bridgehead atoms. The van der Waals surface area contributed by atoms with Crippen molar-refractivity contribution in [2.75, 3.05) is 6.54 Å². The summed E-state index contributed by atoms with van der Waals surface area (Å²) in [4.78, 5) is 37.2. The van der Waals surface area contributed by atoms with Crippen LogP contribution in [0, 0.1) is 5.92 Å². The van der Waals surface area contributed by atoms with E-state index >= 15 is 0 Å². The Labute approximate surface area is 199 Å². The predicted molar refractivity (Wildman–Crippen MR) is 127 cm³/mol. The van der Waals surface area contributed by atoms with Crippen molar-refractivity contribution in [3.8, 4) is 5.75 Å². The van der Waals surface area contributed by atoms with Crippen LogP contribution in [0.4, 0.5) is 0 Å². The number of hydrogen-bond donors (Lipinski definition) is 2. The Morgan fingerprint density at radius 1 is 1.03 bits per heavy atom. The number of hydrazone groups is 1. The van der Waals surface area contributed by atoms with Crippen molar-refractivity contribution in [3.63, 3.8) is 0 Å². The molecule has 33 heavy (non-hydrogen) atoms. The van der Waals surface area contributed by atoms with Gasteiger partial charge < -0.3 is 10.1 Å². The Kier molecular flexibility index (Phi) is 6.95. The normalized spacial score (nSPS) is 17.5. The molecule has 1 saturated heterocycles. The van der Waals surface area contributed by atoms with Crippen LogP contribution >= 0.6 is 15.9 Å². The molecule has 1 fully saturated rings. The number of ether oxygens (including phenoxy) is 1. The molecule has 0 aliphatic carbocycles. The van der Waals surface area contributed by atoms with E-state index in [1.165, 1.54) is 6.21 Å². The van der Waals surface area contributed by atoms with E-state index in [-0.39, 0.29) is 11.8 Å². The second kappa shape index (κ2) is 10.2. The Bertz CT molecular complexity index is 1210. The van der Waals surface area contributed by atoms with Crippen molar-refractivity contribution in [2.45, 2.75) is 5.92 Å². The molecule has 2 atom stereocenters. The van der Waals surface area contributed by atoms with Gasteiger partial charge in [0.25, 0.3) is 5.91 Å². The number of amides is 2. The molecule has 2 N–H and O–H groups in total. The first-order valence-electron chi connectivity index (χ1n) is 10.2. The van der Waals surface area contributed by atoms with Gasteiger partial charge in [0.15, 0.2) is 0 Å². The molecule has 7 nitrogen and oxygen atoms in total. The lowest BCUT2D eigenvalue weighted by molar-refractivity contribution is -0.133. The quantitative estimate of drug-likeness (QED) is 0.175. The predicted octanol–water partition coefficient (Wildman–Crippen LogP) is 3.65. The third-order valence-electron chi connectivity index (χ3n) is 5.21. The van der Waals surface area contributed by atoms with Crippen LogP contribution in [0.3, 0.4) is 0 Å². The van der Waals surface area contributed by atoms with Gasteiger partial charge in [-0.1, -0.05) is 64.5 Å². The highest BCUT2D eigenvalue weighted by atomic mass is 79.9. The zero-order valence-corrected chi connectivity index (χ0v) is 19.0. The largest absolute Gasteiger partial charge is 0.423 e. The minimum Gasteiger partial charge on any atom is -0.423 e. The molecule has 0 spiro atoms. The van der Waals surface area contributed by atoms with Gasteiger partial charge in [-0.05, 0) is 41.5 Å². The van der Waals surface area contributed by atoms with E-state index in [0.717, 1.165) is 10.0 Å². The Morgan fingerprint density at radius 2 is 1.82 bits per heavy atom. The minimum atomic E-state index is -0.859. The van der Waals surface area contributed by atoms with Crippen LogP contribution in [0.25, 0.3) is 0 Å². The molecule has 1 aliphatic rings. The molecular weight excluding hydrogens is 486 g/mol. The van der Waals surface area contributed by atoms with Crippen LogP contribution in [0.5, 0.6) is 5.75 Å². The van der Waals surface area contributed by atoms with Gasteiger partial charge in [0.2, 0.25) is 5.91 Å². The first-order chi connectivity index (χ1) is 16.0. The summed E-state index contributed by atoms with van der Waals surface area (Å²) in [6, 6.07) is 23.1. The van der Waals surface area contributed by atoms with Gasteiger partial charge in [-0.2, -0.15) is 5.10 Å². The molecule has 0 saturated carbocycles. The van der Waals surface area contributed by atoms with Gasteiger partial charge in [0, 0.05) is 16.9 Å². The van der Waals surface area contributed by atoms with E-state index in [9.17, 15) is 14.4 Å². The van der Waals surface area contributed by atoms with Crippen LogP contribution in [0.1, 0.15) is 27.4 Å². The standard InChI is InChI=1S/C25H20BrN3O4/c26-19-10-5-9-18(13-19)25(32)33-20-11-4-6-16(12-20)14-28-29-24(31)22-21(15-27-23(22)30)17-7-2-1-3-8-17/h1-14,21-22H,15H2,(H,27,30)(H,29,31)/t21-,22+/m0/s1. The number of nitrogens with zero attached hydrogens (tertiary/aromatic N) is 1. The number of hydrogen-bond acceptors (Lipinski definition) is 5. The molecule has 0 aromatic heterocycles. The maximum atomic E-state index is 12.7. The summed E-state index contributed by atoms with van der Waals surface area (Å²) in [6.45, 7) is 0.399. The van der Waals surface area contributed by atoms with Crippen molar-refractivity contribution in [1.29, 1.82) is 0 Å². The first-order valence-corrected chi connectivity index (χ1v) is 11.0. The average molecular weight is 506 g/mol. The monoisotopic (exact) mass is 505 g/mol. The van der Waals surface area contributed by atoms with Gasteiger partial charge in [-0.25, -0.2) is 10.2 Å². The van der Waals surface area contributed by atoms with Gasteiger partial charge in [0.05, 0.1) is 11.8 Å². The molecule has 1 heterocycles. The highest BCUT2D eigenvalue weighted by Gasteiger charge is 2.40. The van der Waals surface area contributed by atoms with Crippen LogP contribution in [0.15, 0.2) is 88.4 Å². The van der Waals surface area contributed by atoms with Crippen molar-refractivity contribution >= 4 is 39.9 Å². The average Bonchev–Trinajstić information content (AvgIpc) is 3.21. The molecule has 166 valence electrons. The van der Waals surface area contributed by atoms with Crippen molar-refractivity contribution in [2.24, 2.45) is 11.0 Å². The minimum absolute atomic E-state index is 0.255. The summed E-state index contributed by atoms with van der Waals surface area (Å²) in [6.07, 6.45) is 1.43. The Balaban J connectivity index is 1.39. The zero-order valence-electron chi connectivity index (χ0n) is 17.4. The lowest BCUT2D eigenvalue weighted by atomic mass is 9.88. The van der Waals surface area contributed by atoms with Crippen molar-refractivity contribution in [3.05, 3.63) is 100 Å². The van der Waals surface area contributed by atoms with Crippen LogP contribution in [-0.4, -0.2) is 30.5 Å². The maximum absolute atomic E-state index is 12.7. The maximum Gasteiger partial charge on any atom is 0.343 e. The van der Waals surface area contributed by atoms with Crippen molar-refractivity contribution in [1.82, 2.24) is 10.7 Å². The van der Waals surface area contributed by atoms with Crippen molar-refractivity contribution < 1.29 is 19.1 Å². The SMILES string of the molecule is O=C(Oc1cccc(C=NNC(=O)[C@H]2C(=O)NC[C@H]2c2ccccc2)c1)c1cccc(Br)c1. The zero-order chi connectivity index (χ0) is 23.2. The summed E-state index contributed by atoms with van der Waals surface area (Å²) in [5.74, 6) is -2.06. The second-order valence-corrected chi connectivity index (χ2v) is 8.36. The summed E-state index contributed by atoms with van der Waals surface area (Å²) in [5, 5.41) is 6.73. The second-order valence-electron chi connectivity index (χ2n) is 7.45. The molecule has 0 radical (unpaired) electrons. The summed E-state index contributed by atoms with van der Waals surface area (Å²) in [7, 11) is 0. The molecule has 0 unspecified atom stereocenters. The summed E-state index contributed by atoms with van der Waals surface area (Å²) in [5.41, 5.74) is 4.40. The fraction of sp³-hybridized carbons (Fsp3) is 0.120. The number of halogens is 1. The fourth-order valence-electron chi connectivity index (χ4n) is 3.61. The topological polar surface area (TPSA) is 96.9 Å². The number of esters is 1. The van der Waals surface area contributed by atoms with Gasteiger partial charge in [0.1, 0.15) is 11.7 Å². The van der Waals surface area contributed by atoms with Crippen LogP contribution in [-0.2, 0) is 9.59 Å². The lowest BCUT2D eigenvalue weighted by Crippen LogP contribution is -2.34. The lowest BCUT2D eigenvalue weighted by Gasteiger charge is -2.15. The molecule has 2 amide bonds. The number of rotatable bonds is 6. The third-order valence-corrected chi connectivity index (χ3v) is 5.70. The first kappa shape index (κ1) is 22.4. The van der Waals surface area contributed by atoms with E-state index in [2.05, 4.69) is 31.8 Å². The summed E-state index contributed by atoms with van der Waals surface area (Å²) < 4.78 is 6.20. The molecule has 3 aromatic rings. The van der Waals surface area contributed by atoms with E-state index < -0.39 is 17.8 Å². The van der Waals surface area contributed by atoms with Crippen LogP contribution in [0.2, 0.25) is 0 Å². The van der Waals surface area contributed by atoms with Crippen LogP contribution < -0.4 is 15.5 Å². The number of carbonyl (C=O) groups excluding carboxylic acids is 3. The molecule has 8 heteroatoms. The Hall–Kier alpha value is -3.78. The summed E-state index contributed by atoms with van der Waals surface area (Å²) >= 11 is 3.33. The Morgan fingerprint density at radius 3 is 2.61 bits per heavy atom. The van der Waals surface area contributed by atoms with Gasteiger partial charge >= 0.3 is 5.97 Å². The molecule has 4 rings (SSSR count). The third kappa shape index (κ3) is 5.53. The van der Waals surface area contributed by atoms with E-state index in [1.54, 1.807) is 42.5 Å². The molecule has 1 aliphatic heterocycles. The number of carbonyl (C=O) groups is 3. The van der Waals surface area contributed by atoms with Gasteiger partial charge in [-0.3, -0.25) is 9.59 Å². The highest BCUT2D eigenvalue weighted by Crippen LogP contribution is 2.29.